The van der Waals surface area contributed by atoms with Crippen molar-refractivity contribution in [1.82, 2.24) is 5.32 Å². The molecule has 1 aromatic carbocycles. The molecule has 88 valence electrons. The van der Waals surface area contributed by atoms with Crippen LogP contribution < -0.4 is 5.32 Å². The standard InChI is InChI=1S/C12H14ClF2N/c13-11-10(14)5-4-8(12(11)15)7-9-3-1-2-6-16-9/h4-5,9,16H,1-3,6-7H2. The van der Waals surface area contributed by atoms with E-state index in [-0.39, 0.29) is 6.04 Å². The zero-order valence-corrected chi connectivity index (χ0v) is 9.66. The minimum absolute atomic E-state index is 0.282. The predicted octanol–water partition coefficient (Wildman–Crippen LogP) is 3.30. The third-order valence-electron chi connectivity index (χ3n) is 2.99. The predicted molar refractivity (Wildman–Crippen MR) is 60.7 cm³/mol. The van der Waals surface area contributed by atoms with Crippen molar-refractivity contribution in [3.63, 3.8) is 0 Å². The van der Waals surface area contributed by atoms with Crippen LogP contribution in [-0.4, -0.2) is 12.6 Å². The van der Waals surface area contributed by atoms with Crippen molar-refractivity contribution in [3.05, 3.63) is 34.4 Å². The van der Waals surface area contributed by atoms with E-state index in [4.69, 9.17) is 11.6 Å². The zero-order valence-electron chi connectivity index (χ0n) is 8.90. The van der Waals surface area contributed by atoms with Crippen molar-refractivity contribution < 1.29 is 8.78 Å². The largest absolute Gasteiger partial charge is 0.314 e. The molecule has 0 aliphatic carbocycles. The summed E-state index contributed by atoms with van der Waals surface area (Å²) in [6, 6.07) is 2.99. The Balaban J connectivity index is 2.11. The molecule has 1 heterocycles. The number of piperidine rings is 1. The van der Waals surface area contributed by atoms with Crippen LogP contribution in [-0.2, 0) is 6.42 Å². The molecule has 0 bridgehead atoms. The molecule has 16 heavy (non-hydrogen) atoms. The lowest BCUT2D eigenvalue weighted by Crippen LogP contribution is -2.35. The highest BCUT2D eigenvalue weighted by Crippen LogP contribution is 2.24. The second-order valence-electron chi connectivity index (χ2n) is 4.19. The van der Waals surface area contributed by atoms with Crippen molar-refractivity contribution in [1.29, 1.82) is 0 Å². The number of rotatable bonds is 2. The first-order valence-corrected chi connectivity index (χ1v) is 5.92. The Labute approximate surface area is 98.8 Å². The average Bonchev–Trinajstić information content (AvgIpc) is 2.31. The van der Waals surface area contributed by atoms with E-state index in [1.165, 1.54) is 18.6 Å². The van der Waals surface area contributed by atoms with E-state index in [1.807, 2.05) is 0 Å². The van der Waals surface area contributed by atoms with Gasteiger partial charge in [0.1, 0.15) is 16.7 Å². The molecular formula is C12H14ClF2N. The highest BCUT2D eigenvalue weighted by atomic mass is 35.5. The molecule has 4 heteroatoms. The lowest BCUT2D eigenvalue weighted by atomic mass is 9.97. The number of benzene rings is 1. The minimum Gasteiger partial charge on any atom is -0.314 e. The summed E-state index contributed by atoms with van der Waals surface area (Å²) < 4.78 is 26.6. The molecule has 1 saturated heterocycles. The summed E-state index contributed by atoms with van der Waals surface area (Å²) >= 11 is 5.53. The summed E-state index contributed by atoms with van der Waals surface area (Å²) in [7, 11) is 0. The maximum atomic E-state index is 13.6. The smallest absolute Gasteiger partial charge is 0.148 e. The van der Waals surface area contributed by atoms with Crippen molar-refractivity contribution in [2.75, 3.05) is 6.54 Å². The quantitative estimate of drug-likeness (QED) is 0.789. The Bertz CT molecular complexity index is 376. The Morgan fingerprint density at radius 2 is 2.12 bits per heavy atom. The first kappa shape index (κ1) is 11.8. The topological polar surface area (TPSA) is 12.0 Å². The number of hydrogen-bond acceptors (Lipinski definition) is 1. The molecule has 0 saturated carbocycles. The van der Waals surface area contributed by atoms with Gasteiger partial charge in [-0.25, -0.2) is 8.78 Å². The Hall–Kier alpha value is -0.670. The van der Waals surface area contributed by atoms with Crippen molar-refractivity contribution >= 4 is 11.6 Å². The van der Waals surface area contributed by atoms with Crippen molar-refractivity contribution in [3.8, 4) is 0 Å². The molecule has 0 spiro atoms. The Kier molecular flexibility index (Phi) is 3.77. The van der Waals surface area contributed by atoms with Gasteiger partial charge in [0.05, 0.1) is 0 Å². The molecule has 1 N–H and O–H groups in total. The second kappa shape index (κ2) is 5.11. The molecule has 1 atom stereocenters. The molecule has 1 unspecified atom stereocenters. The monoisotopic (exact) mass is 245 g/mol. The molecule has 0 radical (unpaired) electrons. The summed E-state index contributed by atoms with van der Waals surface area (Å²) in [4.78, 5) is 0. The van der Waals surface area contributed by atoms with Crippen LogP contribution in [0.1, 0.15) is 24.8 Å². The van der Waals surface area contributed by atoms with Gasteiger partial charge in [-0.2, -0.15) is 0 Å². The van der Waals surface area contributed by atoms with Gasteiger partial charge in [0, 0.05) is 6.04 Å². The number of hydrogen-bond donors (Lipinski definition) is 1. The first-order valence-electron chi connectivity index (χ1n) is 5.54. The lowest BCUT2D eigenvalue weighted by molar-refractivity contribution is 0.395. The van der Waals surface area contributed by atoms with Crippen LogP contribution in [0, 0.1) is 11.6 Å². The van der Waals surface area contributed by atoms with Gasteiger partial charge < -0.3 is 5.32 Å². The summed E-state index contributed by atoms with van der Waals surface area (Å²) in [6.07, 6.45) is 3.94. The van der Waals surface area contributed by atoms with E-state index >= 15 is 0 Å². The summed E-state index contributed by atoms with van der Waals surface area (Å²) in [6.45, 7) is 0.973. The van der Waals surface area contributed by atoms with E-state index in [0.29, 0.717) is 12.0 Å². The van der Waals surface area contributed by atoms with Gasteiger partial charge in [0.25, 0.3) is 0 Å². The van der Waals surface area contributed by atoms with Gasteiger partial charge >= 0.3 is 0 Å². The molecule has 1 nitrogen and oxygen atoms in total. The molecule has 1 aromatic rings. The summed E-state index contributed by atoms with van der Waals surface area (Å²) in [5.74, 6) is -1.31. The van der Waals surface area contributed by atoms with Crippen LogP contribution >= 0.6 is 11.6 Å². The van der Waals surface area contributed by atoms with Crippen LogP contribution in [0.4, 0.5) is 8.78 Å². The van der Waals surface area contributed by atoms with E-state index in [0.717, 1.165) is 19.4 Å². The number of nitrogens with one attached hydrogen (secondary N) is 1. The average molecular weight is 246 g/mol. The van der Waals surface area contributed by atoms with Gasteiger partial charge in [-0.1, -0.05) is 24.1 Å². The molecule has 2 rings (SSSR count). The third-order valence-corrected chi connectivity index (χ3v) is 3.34. The normalized spacial score (nSPS) is 21.1. The third kappa shape index (κ3) is 2.53. The van der Waals surface area contributed by atoms with E-state index in [9.17, 15) is 8.78 Å². The lowest BCUT2D eigenvalue weighted by Gasteiger charge is -2.23. The van der Waals surface area contributed by atoms with Crippen LogP contribution in [0.2, 0.25) is 5.02 Å². The SMILES string of the molecule is Fc1ccc(CC2CCCCN2)c(F)c1Cl. The van der Waals surface area contributed by atoms with E-state index < -0.39 is 16.7 Å². The number of halogens is 3. The highest BCUT2D eigenvalue weighted by Gasteiger charge is 2.17. The van der Waals surface area contributed by atoms with Gasteiger partial charge in [-0.3, -0.25) is 0 Å². The minimum atomic E-state index is -0.695. The fourth-order valence-corrected chi connectivity index (χ4v) is 2.27. The molecule has 0 amide bonds. The fraction of sp³-hybridized carbons (Fsp3) is 0.500. The van der Waals surface area contributed by atoms with Gasteiger partial charge in [0.15, 0.2) is 0 Å². The van der Waals surface area contributed by atoms with Crippen molar-refractivity contribution in [2.24, 2.45) is 0 Å². The van der Waals surface area contributed by atoms with Crippen LogP contribution in [0.25, 0.3) is 0 Å². The fourth-order valence-electron chi connectivity index (χ4n) is 2.09. The Morgan fingerprint density at radius 1 is 1.31 bits per heavy atom. The van der Waals surface area contributed by atoms with Gasteiger partial charge in [-0.15, -0.1) is 0 Å². The highest BCUT2D eigenvalue weighted by molar-refractivity contribution is 6.30. The van der Waals surface area contributed by atoms with Crippen molar-refractivity contribution in [2.45, 2.75) is 31.7 Å². The van der Waals surface area contributed by atoms with Crippen LogP contribution in [0.5, 0.6) is 0 Å². The molecule has 1 fully saturated rings. The maximum absolute atomic E-state index is 13.6. The summed E-state index contributed by atoms with van der Waals surface area (Å²) in [5.41, 5.74) is 0.491. The molecule has 1 aliphatic rings. The maximum Gasteiger partial charge on any atom is 0.148 e. The molecule has 0 aromatic heterocycles. The summed E-state index contributed by atoms with van der Waals surface area (Å²) in [5, 5.41) is 2.93. The van der Waals surface area contributed by atoms with E-state index in [2.05, 4.69) is 5.32 Å². The first-order chi connectivity index (χ1) is 7.68. The van der Waals surface area contributed by atoms with Crippen LogP contribution in [0.3, 0.4) is 0 Å². The second-order valence-corrected chi connectivity index (χ2v) is 4.56. The Morgan fingerprint density at radius 3 is 2.81 bits per heavy atom. The van der Waals surface area contributed by atoms with E-state index in [1.54, 1.807) is 0 Å². The molecular weight excluding hydrogens is 232 g/mol. The van der Waals surface area contributed by atoms with Crippen LogP contribution in [0.15, 0.2) is 12.1 Å². The zero-order chi connectivity index (χ0) is 11.5. The van der Waals surface area contributed by atoms with Gasteiger partial charge in [-0.05, 0) is 37.4 Å². The van der Waals surface area contributed by atoms with Gasteiger partial charge in [0.2, 0.25) is 0 Å². The molecule has 1 aliphatic heterocycles.